The van der Waals surface area contributed by atoms with Crippen molar-refractivity contribution in [3.63, 3.8) is 0 Å². The van der Waals surface area contributed by atoms with E-state index in [0.717, 1.165) is 16.7 Å². The van der Waals surface area contributed by atoms with Gasteiger partial charge in [0.15, 0.2) is 0 Å². The number of hydrogen-bond donors (Lipinski definition) is 1. The molecule has 0 bridgehead atoms. The van der Waals surface area contributed by atoms with Crippen LogP contribution in [0, 0.1) is 0 Å². The van der Waals surface area contributed by atoms with Crippen molar-refractivity contribution in [3.05, 3.63) is 84.4 Å². The third-order valence-electron chi connectivity index (χ3n) is 4.33. The predicted molar refractivity (Wildman–Crippen MR) is 110 cm³/mol. The molecule has 0 aliphatic carbocycles. The number of nitrogens with zero attached hydrogens (tertiary/aromatic N) is 1. The Morgan fingerprint density at radius 1 is 0.966 bits per heavy atom. The van der Waals surface area contributed by atoms with Gasteiger partial charge in [-0.25, -0.2) is 0 Å². The zero-order chi connectivity index (χ0) is 20.6. The van der Waals surface area contributed by atoms with Crippen molar-refractivity contribution >= 4 is 11.6 Å². The van der Waals surface area contributed by atoms with Crippen molar-refractivity contribution in [2.75, 3.05) is 18.9 Å². The quantitative estimate of drug-likeness (QED) is 0.581. The number of benzene rings is 3. The molecule has 0 atom stereocenters. The topological polar surface area (TPSA) is 41.6 Å². The maximum absolute atomic E-state index is 12.5. The second kappa shape index (κ2) is 9.80. The first-order valence-corrected chi connectivity index (χ1v) is 9.18. The summed E-state index contributed by atoms with van der Waals surface area (Å²) < 4.78 is 29.5. The molecule has 3 aromatic rings. The second-order valence-electron chi connectivity index (χ2n) is 6.62. The van der Waals surface area contributed by atoms with E-state index >= 15 is 0 Å². The fourth-order valence-corrected chi connectivity index (χ4v) is 3.11. The largest absolute Gasteiger partial charge is 0.433 e. The van der Waals surface area contributed by atoms with Crippen LogP contribution in [0.4, 0.5) is 14.5 Å². The number of halogens is 2. The summed E-state index contributed by atoms with van der Waals surface area (Å²) in [5, 5.41) is 2.64. The molecule has 4 nitrogen and oxygen atoms in total. The summed E-state index contributed by atoms with van der Waals surface area (Å²) in [6.07, 6.45) is 0. The number of alkyl halides is 2. The van der Waals surface area contributed by atoms with Gasteiger partial charge in [0.25, 0.3) is 0 Å². The number of rotatable bonds is 8. The Labute approximate surface area is 168 Å². The number of para-hydroxylation sites is 2. The lowest BCUT2D eigenvalue weighted by Crippen LogP contribution is -2.30. The zero-order valence-corrected chi connectivity index (χ0v) is 16.0. The van der Waals surface area contributed by atoms with Gasteiger partial charge in [0.05, 0.1) is 12.2 Å². The summed E-state index contributed by atoms with van der Waals surface area (Å²) in [5.41, 5.74) is 3.53. The van der Waals surface area contributed by atoms with Crippen LogP contribution >= 0.6 is 0 Å². The third kappa shape index (κ3) is 5.86. The standard InChI is InChI=1S/C23H22F2N2O2/c1-27(15-18-11-5-6-12-19(18)17-9-3-2-4-10-17)16-22(28)26-20-13-7-8-14-21(20)29-23(24)25/h2-14,23H,15-16H2,1H3,(H,26,28). The number of ether oxygens (including phenoxy) is 1. The molecular weight excluding hydrogens is 374 g/mol. The normalized spacial score (nSPS) is 10.9. The lowest BCUT2D eigenvalue weighted by Gasteiger charge is -2.19. The Morgan fingerprint density at radius 3 is 2.38 bits per heavy atom. The van der Waals surface area contributed by atoms with Crippen molar-refractivity contribution in [1.82, 2.24) is 4.90 Å². The van der Waals surface area contributed by atoms with E-state index in [2.05, 4.69) is 16.1 Å². The van der Waals surface area contributed by atoms with Crippen LogP contribution in [0.3, 0.4) is 0 Å². The van der Waals surface area contributed by atoms with Crippen molar-refractivity contribution < 1.29 is 18.3 Å². The van der Waals surface area contributed by atoms with Gasteiger partial charge in [-0.15, -0.1) is 0 Å². The minimum Gasteiger partial charge on any atom is -0.433 e. The highest BCUT2D eigenvalue weighted by Gasteiger charge is 2.14. The van der Waals surface area contributed by atoms with Gasteiger partial charge in [0, 0.05) is 6.54 Å². The van der Waals surface area contributed by atoms with Gasteiger partial charge in [-0.05, 0) is 35.9 Å². The molecular formula is C23H22F2N2O2. The number of nitrogens with one attached hydrogen (secondary N) is 1. The molecule has 0 unspecified atom stereocenters. The van der Waals surface area contributed by atoms with E-state index in [9.17, 15) is 13.6 Å². The van der Waals surface area contributed by atoms with Crippen LogP contribution < -0.4 is 10.1 Å². The monoisotopic (exact) mass is 396 g/mol. The van der Waals surface area contributed by atoms with Crippen LogP contribution in [0.2, 0.25) is 0 Å². The molecule has 0 aromatic heterocycles. The molecule has 0 spiro atoms. The Hall–Kier alpha value is -3.25. The summed E-state index contributed by atoms with van der Waals surface area (Å²) in [5.74, 6) is -0.372. The fraction of sp³-hybridized carbons (Fsp3) is 0.174. The highest BCUT2D eigenvalue weighted by molar-refractivity contribution is 5.93. The maximum atomic E-state index is 12.5. The number of carbonyl (C=O) groups excluding carboxylic acids is 1. The summed E-state index contributed by atoms with van der Waals surface area (Å²) in [6, 6.07) is 24.2. The van der Waals surface area contributed by atoms with Crippen LogP contribution in [-0.4, -0.2) is 31.0 Å². The van der Waals surface area contributed by atoms with Crippen LogP contribution in [0.15, 0.2) is 78.9 Å². The zero-order valence-electron chi connectivity index (χ0n) is 16.0. The van der Waals surface area contributed by atoms with Gasteiger partial charge < -0.3 is 10.1 Å². The van der Waals surface area contributed by atoms with Gasteiger partial charge in [-0.2, -0.15) is 8.78 Å². The van der Waals surface area contributed by atoms with Crippen molar-refractivity contribution in [2.24, 2.45) is 0 Å². The molecule has 0 saturated heterocycles. The van der Waals surface area contributed by atoms with Gasteiger partial charge in [-0.3, -0.25) is 9.69 Å². The van der Waals surface area contributed by atoms with E-state index in [1.165, 1.54) is 12.1 Å². The van der Waals surface area contributed by atoms with Crippen molar-refractivity contribution in [1.29, 1.82) is 0 Å². The van der Waals surface area contributed by atoms with Gasteiger partial charge in [0.2, 0.25) is 5.91 Å². The van der Waals surface area contributed by atoms with Gasteiger partial charge in [-0.1, -0.05) is 66.7 Å². The molecule has 3 rings (SSSR count). The average molecular weight is 396 g/mol. The molecule has 29 heavy (non-hydrogen) atoms. The molecule has 3 aromatic carbocycles. The first kappa shape index (κ1) is 20.5. The lowest BCUT2D eigenvalue weighted by molar-refractivity contribution is -0.117. The molecule has 0 aliphatic heterocycles. The first-order chi connectivity index (χ1) is 14.0. The minimum atomic E-state index is -2.95. The molecule has 1 amide bonds. The summed E-state index contributed by atoms with van der Waals surface area (Å²) in [6.45, 7) is -2.29. The molecule has 0 heterocycles. The predicted octanol–water partition coefficient (Wildman–Crippen LogP) is 5.03. The first-order valence-electron chi connectivity index (χ1n) is 9.18. The molecule has 0 fully saturated rings. The van der Waals surface area contributed by atoms with Crippen molar-refractivity contribution in [3.8, 4) is 16.9 Å². The van der Waals surface area contributed by atoms with Crippen LogP contribution in [0.5, 0.6) is 5.75 Å². The van der Waals surface area contributed by atoms with E-state index in [-0.39, 0.29) is 23.9 Å². The van der Waals surface area contributed by atoms with Crippen LogP contribution in [0.25, 0.3) is 11.1 Å². The van der Waals surface area contributed by atoms with Gasteiger partial charge in [0.1, 0.15) is 5.75 Å². The summed E-state index contributed by atoms with van der Waals surface area (Å²) in [4.78, 5) is 14.3. The maximum Gasteiger partial charge on any atom is 0.387 e. The third-order valence-corrected chi connectivity index (χ3v) is 4.33. The Kier molecular flexibility index (Phi) is 6.92. The van der Waals surface area contributed by atoms with E-state index in [0.29, 0.717) is 6.54 Å². The molecule has 6 heteroatoms. The minimum absolute atomic E-state index is 0.0621. The van der Waals surface area contributed by atoms with Gasteiger partial charge >= 0.3 is 6.61 Å². The second-order valence-corrected chi connectivity index (χ2v) is 6.62. The fourth-order valence-electron chi connectivity index (χ4n) is 3.11. The van der Waals surface area contributed by atoms with Crippen molar-refractivity contribution in [2.45, 2.75) is 13.2 Å². The molecule has 0 radical (unpaired) electrons. The van der Waals surface area contributed by atoms with Crippen LogP contribution in [0.1, 0.15) is 5.56 Å². The van der Waals surface area contributed by atoms with E-state index in [1.54, 1.807) is 12.1 Å². The molecule has 0 saturated carbocycles. The number of likely N-dealkylation sites (N-methyl/N-ethyl adjacent to an activating group) is 1. The highest BCUT2D eigenvalue weighted by Crippen LogP contribution is 2.26. The van der Waals surface area contributed by atoms with E-state index in [1.807, 2.05) is 60.5 Å². The lowest BCUT2D eigenvalue weighted by atomic mass is 9.99. The molecule has 1 N–H and O–H groups in total. The summed E-state index contributed by atoms with van der Waals surface area (Å²) >= 11 is 0. The van der Waals surface area contributed by atoms with Crippen LogP contribution in [-0.2, 0) is 11.3 Å². The number of amides is 1. The Balaban J connectivity index is 1.65. The Bertz CT molecular complexity index is 948. The molecule has 150 valence electrons. The molecule has 0 aliphatic rings. The highest BCUT2D eigenvalue weighted by atomic mass is 19.3. The van der Waals surface area contributed by atoms with E-state index < -0.39 is 6.61 Å². The smallest absolute Gasteiger partial charge is 0.387 e. The number of carbonyl (C=O) groups is 1. The number of anilines is 1. The van der Waals surface area contributed by atoms with E-state index in [4.69, 9.17) is 0 Å². The Morgan fingerprint density at radius 2 is 1.62 bits per heavy atom. The number of hydrogen-bond acceptors (Lipinski definition) is 3. The SMILES string of the molecule is CN(CC(=O)Nc1ccccc1OC(F)F)Cc1ccccc1-c1ccccc1. The average Bonchev–Trinajstić information content (AvgIpc) is 2.70. The summed E-state index contributed by atoms with van der Waals surface area (Å²) in [7, 11) is 1.84.